The van der Waals surface area contributed by atoms with E-state index in [-0.39, 0.29) is 11.7 Å². The standard InChI is InChI=1S/C15H20N2O2.2C2H6/c1-11-10-13(12(2)18)4-5-14(11)15(19)17-8-6-16(3)7-9-17;2*1-2/h4-5,10H,6-9H2,1-3H3;2*1-2H3. The van der Waals surface area contributed by atoms with Crippen LogP contribution in [0.2, 0.25) is 0 Å². The molecule has 1 aromatic rings. The molecule has 0 unspecified atom stereocenters. The molecule has 1 saturated heterocycles. The lowest BCUT2D eigenvalue weighted by Gasteiger charge is -2.32. The summed E-state index contributed by atoms with van der Waals surface area (Å²) in [5.74, 6) is 0.0994. The van der Waals surface area contributed by atoms with Crippen molar-refractivity contribution in [1.29, 1.82) is 0 Å². The van der Waals surface area contributed by atoms with Crippen molar-refractivity contribution in [1.82, 2.24) is 9.80 Å². The molecule has 0 atom stereocenters. The fourth-order valence-electron chi connectivity index (χ4n) is 2.30. The number of ketones is 1. The molecular formula is C19H32N2O2. The van der Waals surface area contributed by atoms with Crippen LogP contribution < -0.4 is 0 Å². The second-order valence-corrected chi connectivity index (χ2v) is 5.18. The van der Waals surface area contributed by atoms with Crippen LogP contribution in [-0.4, -0.2) is 54.7 Å². The van der Waals surface area contributed by atoms with E-state index in [0.29, 0.717) is 11.1 Å². The number of carbonyl (C=O) groups excluding carboxylic acids is 2. The van der Waals surface area contributed by atoms with Gasteiger partial charge in [-0.1, -0.05) is 33.8 Å². The summed E-state index contributed by atoms with van der Waals surface area (Å²) in [4.78, 5) is 27.8. The number of piperazine rings is 1. The SMILES string of the molecule is CC.CC.CC(=O)c1ccc(C(=O)N2CCN(C)CC2)c(C)c1. The third-order valence-corrected chi connectivity index (χ3v) is 3.65. The number of likely N-dealkylation sites (N-methyl/N-ethyl adjacent to an activating group) is 1. The van der Waals surface area contributed by atoms with Crippen LogP contribution in [0.1, 0.15) is 60.9 Å². The molecule has 1 aliphatic heterocycles. The van der Waals surface area contributed by atoms with Crippen molar-refractivity contribution in [2.45, 2.75) is 41.5 Å². The number of aryl methyl sites for hydroxylation is 1. The number of hydrogen-bond acceptors (Lipinski definition) is 3. The summed E-state index contributed by atoms with van der Waals surface area (Å²) in [5.41, 5.74) is 2.23. The Balaban J connectivity index is 0.00000112. The van der Waals surface area contributed by atoms with Crippen molar-refractivity contribution in [2.24, 2.45) is 0 Å². The van der Waals surface area contributed by atoms with Gasteiger partial charge in [0.1, 0.15) is 0 Å². The van der Waals surface area contributed by atoms with E-state index in [4.69, 9.17) is 0 Å². The van der Waals surface area contributed by atoms with Gasteiger partial charge >= 0.3 is 0 Å². The predicted molar refractivity (Wildman–Crippen MR) is 97.3 cm³/mol. The largest absolute Gasteiger partial charge is 0.336 e. The molecule has 2 rings (SSSR count). The lowest BCUT2D eigenvalue weighted by atomic mass is 10.0. The number of amides is 1. The summed E-state index contributed by atoms with van der Waals surface area (Å²) in [5, 5.41) is 0. The van der Waals surface area contributed by atoms with E-state index in [2.05, 4.69) is 11.9 Å². The van der Waals surface area contributed by atoms with Gasteiger partial charge in [0.05, 0.1) is 0 Å². The monoisotopic (exact) mass is 320 g/mol. The molecule has 1 aromatic carbocycles. The average Bonchev–Trinajstić information content (AvgIpc) is 2.58. The summed E-state index contributed by atoms with van der Waals surface area (Å²) in [7, 11) is 2.06. The van der Waals surface area contributed by atoms with E-state index in [1.807, 2.05) is 39.5 Å². The Morgan fingerprint density at radius 2 is 1.48 bits per heavy atom. The molecule has 4 nitrogen and oxygen atoms in total. The number of hydrogen-bond donors (Lipinski definition) is 0. The van der Waals surface area contributed by atoms with Crippen molar-refractivity contribution in [3.63, 3.8) is 0 Å². The van der Waals surface area contributed by atoms with Crippen LogP contribution in [0.25, 0.3) is 0 Å². The maximum absolute atomic E-state index is 12.4. The Bertz CT molecular complexity index is 504. The smallest absolute Gasteiger partial charge is 0.254 e. The van der Waals surface area contributed by atoms with Crippen LogP contribution in [-0.2, 0) is 0 Å². The zero-order valence-electron chi connectivity index (χ0n) is 15.8. The third kappa shape index (κ3) is 6.14. The lowest BCUT2D eigenvalue weighted by molar-refractivity contribution is 0.0663. The van der Waals surface area contributed by atoms with Gasteiger partial charge in [0.15, 0.2) is 5.78 Å². The van der Waals surface area contributed by atoms with Crippen LogP contribution in [0.3, 0.4) is 0 Å². The Labute approximate surface area is 141 Å². The van der Waals surface area contributed by atoms with E-state index in [9.17, 15) is 9.59 Å². The molecule has 4 heteroatoms. The molecule has 0 aliphatic carbocycles. The summed E-state index contributed by atoms with van der Waals surface area (Å²) in [6.45, 7) is 14.8. The summed E-state index contributed by atoms with van der Waals surface area (Å²) >= 11 is 0. The second kappa shape index (κ2) is 10.9. The maximum Gasteiger partial charge on any atom is 0.254 e. The van der Waals surface area contributed by atoms with Gasteiger partial charge in [-0.2, -0.15) is 0 Å². The quantitative estimate of drug-likeness (QED) is 0.781. The van der Waals surface area contributed by atoms with Crippen molar-refractivity contribution in [2.75, 3.05) is 33.2 Å². The first-order chi connectivity index (χ1) is 11.0. The Morgan fingerprint density at radius 3 is 1.91 bits per heavy atom. The summed E-state index contributed by atoms with van der Waals surface area (Å²) in [6.07, 6.45) is 0. The van der Waals surface area contributed by atoms with E-state index in [0.717, 1.165) is 31.7 Å². The molecular weight excluding hydrogens is 288 g/mol. The van der Waals surface area contributed by atoms with E-state index < -0.39 is 0 Å². The zero-order valence-corrected chi connectivity index (χ0v) is 15.8. The Hall–Kier alpha value is -1.68. The number of benzene rings is 1. The molecule has 1 aliphatic rings. The molecule has 23 heavy (non-hydrogen) atoms. The topological polar surface area (TPSA) is 40.6 Å². The molecule has 130 valence electrons. The number of rotatable bonds is 2. The molecule has 1 heterocycles. The van der Waals surface area contributed by atoms with Gasteiger partial charge in [0, 0.05) is 37.3 Å². The van der Waals surface area contributed by atoms with Crippen LogP contribution in [0.5, 0.6) is 0 Å². The maximum atomic E-state index is 12.4. The zero-order chi connectivity index (χ0) is 18.0. The number of Topliss-reactive ketones (excluding diaryl/α,β-unsaturated/α-hetero) is 1. The fourth-order valence-corrected chi connectivity index (χ4v) is 2.30. The normalized spacial score (nSPS) is 14.1. The van der Waals surface area contributed by atoms with Gasteiger partial charge in [0.2, 0.25) is 0 Å². The molecule has 0 N–H and O–H groups in total. The molecule has 1 amide bonds. The minimum atomic E-state index is 0.0293. The van der Waals surface area contributed by atoms with Gasteiger partial charge < -0.3 is 9.80 Å². The molecule has 0 bridgehead atoms. The molecule has 0 saturated carbocycles. The van der Waals surface area contributed by atoms with E-state index >= 15 is 0 Å². The van der Waals surface area contributed by atoms with Gasteiger partial charge in [0.25, 0.3) is 5.91 Å². The molecule has 0 aromatic heterocycles. The van der Waals surface area contributed by atoms with Crippen LogP contribution in [0.4, 0.5) is 0 Å². The Kier molecular flexibility index (Phi) is 10.1. The highest BCUT2D eigenvalue weighted by Crippen LogP contribution is 2.15. The highest BCUT2D eigenvalue weighted by Gasteiger charge is 2.21. The average molecular weight is 320 g/mol. The van der Waals surface area contributed by atoms with Gasteiger partial charge in [-0.05, 0) is 38.6 Å². The predicted octanol–water partition coefficient (Wildman–Crippen LogP) is 3.64. The summed E-state index contributed by atoms with van der Waals surface area (Å²) < 4.78 is 0. The van der Waals surface area contributed by atoms with Crippen molar-refractivity contribution in [3.05, 3.63) is 34.9 Å². The first-order valence-electron chi connectivity index (χ1n) is 8.58. The van der Waals surface area contributed by atoms with E-state index in [1.165, 1.54) is 6.92 Å². The third-order valence-electron chi connectivity index (χ3n) is 3.65. The van der Waals surface area contributed by atoms with Crippen molar-refractivity contribution >= 4 is 11.7 Å². The molecule has 0 radical (unpaired) electrons. The molecule has 1 fully saturated rings. The Morgan fingerprint density at radius 1 is 0.957 bits per heavy atom. The highest BCUT2D eigenvalue weighted by molar-refractivity contribution is 5.99. The van der Waals surface area contributed by atoms with Crippen molar-refractivity contribution < 1.29 is 9.59 Å². The van der Waals surface area contributed by atoms with Crippen LogP contribution in [0, 0.1) is 6.92 Å². The van der Waals surface area contributed by atoms with Gasteiger partial charge in [-0.15, -0.1) is 0 Å². The first-order valence-corrected chi connectivity index (χ1v) is 8.58. The number of carbonyl (C=O) groups is 2. The summed E-state index contributed by atoms with van der Waals surface area (Å²) in [6, 6.07) is 5.30. The number of nitrogens with zero attached hydrogens (tertiary/aromatic N) is 2. The van der Waals surface area contributed by atoms with Crippen LogP contribution in [0.15, 0.2) is 18.2 Å². The first kappa shape index (κ1) is 21.3. The minimum absolute atomic E-state index is 0.0293. The second-order valence-electron chi connectivity index (χ2n) is 5.18. The van der Waals surface area contributed by atoms with Gasteiger partial charge in [-0.25, -0.2) is 0 Å². The fraction of sp³-hybridized carbons (Fsp3) is 0.579. The van der Waals surface area contributed by atoms with Crippen LogP contribution >= 0.6 is 0 Å². The highest BCUT2D eigenvalue weighted by atomic mass is 16.2. The minimum Gasteiger partial charge on any atom is -0.336 e. The molecule has 0 spiro atoms. The van der Waals surface area contributed by atoms with E-state index in [1.54, 1.807) is 18.2 Å². The van der Waals surface area contributed by atoms with Gasteiger partial charge in [-0.3, -0.25) is 9.59 Å². The van der Waals surface area contributed by atoms with Crippen molar-refractivity contribution in [3.8, 4) is 0 Å². The lowest BCUT2D eigenvalue weighted by Crippen LogP contribution is -2.47.